The average Bonchev–Trinajstić information content (AvgIpc) is 3.54. The summed E-state index contributed by atoms with van der Waals surface area (Å²) in [6, 6.07) is 9.40. The number of fused-ring (bicyclic) bond motifs is 3. The van der Waals surface area contributed by atoms with Crippen LogP contribution in [0.15, 0.2) is 47.4 Å². The third-order valence-corrected chi connectivity index (χ3v) is 5.76. The number of anilines is 2. The summed E-state index contributed by atoms with van der Waals surface area (Å²) in [5.74, 6) is -2.40. The molecule has 8 heteroatoms. The number of hydrogen-bond acceptors (Lipinski definition) is 4. The fourth-order valence-electron chi connectivity index (χ4n) is 4.24. The Morgan fingerprint density at radius 2 is 1.90 bits per heavy atom. The van der Waals surface area contributed by atoms with Crippen molar-refractivity contribution >= 4 is 34.2 Å². The zero-order chi connectivity index (χ0) is 21.2. The van der Waals surface area contributed by atoms with Crippen molar-refractivity contribution < 1.29 is 19.1 Å². The molecule has 1 saturated carbocycles. The molecule has 1 aliphatic carbocycles. The monoisotopic (exact) mass is 407 g/mol. The van der Waals surface area contributed by atoms with Gasteiger partial charge in [-0.25, -0.2) is 9.18 Å². The maximum absolute atomic E-state index is 15.2. The second-order valence-electron chi connectivity index (χ2n) is 7.71. The van der Waals surface area contributed by atoms with Crippen molar-refractivity contribution in [2.45, 2.75) is 24.9 Å². The number of aromatic carboxylic acids is 1. The molecule has 1 aliphatic heterocycles. The molecule has 5 rings (SSSR count). The minimum absolute atomic E-state index is 0.00909. The smallest absolute Gasteiger partial charge is 0.341 e. The molecule has 152 valence electrons. The predicted molar refractivity (Wildman–Crippen MR) is 110 cm³/mol. The number of carbonyl (C=O) groups excluding carboxylic acids is 1. The second kappa shape index (κ2) is 6.41. The summed E-state index contributed by atoms with van der Waals surface area (Å²) >= 11 is 0. The average molecular weight is 407 g/mol. The van der Waals surface area contributed by atoms with Crippen molar-refractivity contribution in [3.05, 3.63) is 69.8 Å². The van der Waals surface area contributed by atoms with Gasteiger partial charge in [0, 0.05) is 19.3 Å². The molecule has 1 atom stereocenters. The van der Waals surface area contributed by atoms with Gasteiger partial charge in [0.1, 0.15) is 17.4 Å². The molecule has 0 spiro atoms. The highest BCUT2D eigenvalue weighted by Crippen LogP contribution is 2.46. The molecule has 1 unspecified atom stereocenters. The third kappa shape index (κ3) is 2.60. The van der Waals surface area contributed by atoms with Gasteiger partial charge >= 0.3 is 5.97 Å². The van der Waals surface area contributed by atoms with E-state index in [9.17, 15) is 19.5 Å². The second-order valence-corrected chi connectivity index (χ2v) is 7.71. The zero-order valence-electron chi connectivity index (χ0n) is 16.1. The van der Waals surface area contributed by atoms with E-state index in [0.29, 0.717) is 11.1 Å². The van der Waals surface area contributed by atoms with E-state index in [0.717, 1.165) is 18.9 Å². The lowest BCUT2D eigenvalue weighted by Crippen LogP contribution is -2.40. The van der Waals surface area contributed by atoms with Crippen molar-refractivity contribution in [2.24, 2.45) is 0 Å². The molecular weight excluding hydrogens is 389 g/mol. The molecule has 1 aromatic heterocycles. The lowest BCUT2D eigenvalue weighted by Gasteiger charge is -2.36. The molecule has 1 fully saturated rings. The number of pyridine rings is 1. The van der Waals surface area contributed by atoms with Crippen LogP contribution in [-0.4, -0.2) is 28.6 Å². The van der Waals surface area contributed by atoms with Crippen LogP contribution in [0, 0.1) is 5.82 Å². The number of carboxylic acids is 1. The van der Waals surface area contributed by atoms with Crippen molar-refractivity contribution in [3.63, 3.8) is 0 Å². The minimum Gasteiger partial charge on any atom is -0.477 e. The molecule has 2 heterocycles. The van der Waals surface area contributed by atoms with E-state index in [1.807, 2.05) is 6.07 Å². The molecule has 2 aliphatic rings. The molecule has 0 saturated heterocycles. The molecule has 3 aromatic rings. The van der Waals surface area contributed by atoms with Crippen molar-refractivity contribution in [1.82, 2.24) is 4.57 Å². The quantitative estimate of drug-likeness (QED) is 0.695. The fourth-order valence-corrected chi connectivity index (χ4v) is 4.24. The first kappa shape index (κ1) is 18.4. The number of aromatic nitrogens is 1. The Morgan fingerprint density at radius 3 is 2.53 bits per heavy atom. The number of carbonyl (C=O) groups is 2. The van der Waals surface area contributed by atoms with Crippen LogP contribution in [0.2, 0.25) is 0 Å². The summed E-state index contributed by atoms with van der Waals surface area (Å²) in [5, 5.41) is 12.2. The molecule has 0 bridgehead atoms. The number of benzene rings is 2. The van der Waals surface area contributed by atoms with Gasteiger partial charge in [-0.15, -0.1) is 0 Å². The van der Waals surface area contributed by atoms with Crippen molar-refractivity contribution in [2.75, 3.05) is 17.3 Å². The first-order valence-electron chi connectivity index (χ1n) is 9.61. The first-order valence-corrected chi connectivity index (χ1v) is 9.61. The van der Waals surface area contributed by atoms with E-state index < -0.39 is 28.8 Å². The number of halogens is 1. The summed E-state index contributed by atoms with van der Waals surface area (Å²) in [4.78, 5) is 38.9. The Morgan fingerprint density at radius 1 is 1.20 bits per heavy atom. The van der Waals surface area contributed by atoms with Gasteiger partial charge in [0.05, 0.1) is 22.3 Å². The predicted octanol–water partition coefficient (Wildman–Crippen LogP) is 3.30. The molecule has 30 heavy (non-hydrogen) atoms. The van der Waals surface area contributed by atoms with Gasteiger partial charge in [0.25, 0.3) is 5.91 Å². The van der Waals surface area contributed by atoms with E-state index in [4.69, 9.17) is 0 Å². The number of nitrogens with one attached hydrogen (secondary N) is 1. The fraction of sp³-hybridized carbons (Fsp3) is 0.227. The number of hydrogen-bond donors (Lipinski definition) is 2. The molecule has 0 radical (unpaired) electrons. The highest BCUT2D eigenvalue weighted by Gasteiger charge is 2.37. The van der Waals surface area contributed by atoms with Crippen LogP contribution in [0.4, 0.5) is 15.8 Å². The van der Waals surface area contributed by atoms with Gasteiger partial charge in [-0.3, -0.25) is 9.59 Å². The van der Waals surface area contributed by atoms with E-state index in [1.165, 1.54) is 6.20 Å². The largest absolute Gasteiger partial charge is 0.477 e. The van der Waals surface area contributed by atoms with E-state index in [2.05, 4.69) is 5.32 Å². The Hall–Kier alpha value is -3.68. The first-order chi connectivity index (χ1) is 14.4. The minimum atomic E-state index is -1.36. The summed E-state index contributed by atoms with van der Waals surface area (Å²) in [5.41, 5.74) is 0.266. The molecule has 1 amide bonds. The van der Waals surface area contributed by atoms with Crippen LogP contribution < -0.4 is 15.6 Å². The number of amides is 1. The van der Waals surface area contributed by atoms with Crippen LogP contribution in [0.25, 0.3) is 10.9 Å². The summed E-state index contributed by atoms with van der Waals surface area (Å²) in [6.07, 6.45) is 2.94. The summed E-state index contributed by atoms with van der Waals surface area (Å²) in [6.45, 7) is 0. The van der Waals surface area contributed by atoms with Crippen LogP contribution in [-0.2, 0) is 4.79 Å². The lowest BCUT2D eigenvalue weighted by atomic mass is 9.98. The number of nitrogens with zero attached hydrogens (tertiary/aromatic N) is 2. The number of rotatable bonds is 3. The zero-order valence-corrected chi connectivity index (χ0v) is 16.1. The molecule has 7 nitrogen and oxygen atoms in total. The van der Waals surface area contributed by atoms with Crippen LogP contribution in [0.3, 0.4) is 0 Å². The van der Waals surface area contributed by atoms with Gasteiger partial charge in [0.15, 0.2) is 0 Å². The molecule has 2 N–H and O–H groups in total. The Labute approximate surface area is 170 Å². The summed E-state index contributed by atoms with van der Waals surface area (Å²) < 4.78 is 16.9. The standard InChI is InChI=1S/C22H18FN3O4/c1-25-17(11-5-3-2-4-6-11)21(28)24-16-18-13(9-15(23)19(16)25)20(27)14(22(29)30)10-26(18)12-7-8-12/h2-6,9-10,12,17H,7-8H2,1H3,(H,24,28)(H,29,30). The normalized spacial score (nSPS) is 18.3. The van der Waals surface area contributed by atoms with Gasteiger partial charge in [-0.2, -0.15) is 0 Å². The van der Waals surface area contributed by atoms with Crippen molar-refractivity contribution in [3.8, 4) is 0 Å². The van der Waals surface area contributed by atoms with Gasteiger partial charge in [-0.05, 0) is 24.5 Å². The van der Waals surface area contributed by atoms with Crippen LogP contribution in [0.1, 0.15) is 40.8 Å². The van der Waals surface area contributed by atoms with Gasteiger partial charge in [-0.1, -0.05) is 30.3 Å². The highest BCUT2D eigenvalue weighted by atomic mass is 19.1. The van der Waals surface area contributed by atoms with Crippen LogP contribution in [0.5, 0.6) is 0 Å². The summed E-state index contributed by atoms with van der Waals surface area (Å²) in [7, 11) is 1.63. The third-order valence-electron chi connectivity index (χ3n) is 5.76. The lowest BCUT2D eigenvalue weighted by molar-refractivity contribution is -0.117. The number of likely N-dealkylation sites (N-methyl/N-ethyl adjacent to an activating group) is 1. The van der Waals surface area contributed by atoms with E-state index >= 15 is 4.39 Å². The Bertz CT molecular complexity index is 1280. The van der Waals surface area contributed by atoms with E-state index in [1.54, 1.807) is 40.8 Å². The topological polar surface area (TPSA) is 91.6 Å². The maximum atomic E-state index is 15.2. The van der Waals surface area contributed by atoms with Crippen molar-refractivity contribution in [1.29, 1.82) is 0 Å². The van der Waals surface area contributed by atoms with Crippen LogP contribution >= 0.6 is 0 Å². The number of carboxylic acid groups (broad SMARTS) is 1. The van der Waals surface area contributed by atoms with E-state index in [-0.39, 0.29) is 28.7 Å². The maximum Gasteiger partial charge on any atom is 0.341 e. The molecular formula is C22H18FN3O4. The van der Waals surface area contributed by atoms with Gasteiger partial charge < -0.3 is 19.9 Å². The highest BCUT2D eigenvalue weighted by molar-refractivity contribution is 6.12. The SMILES string of the molecule is CN1c2c(F)cc3c(=O)c(C(=O)O)cn(C4CC4)c3c2NC(=O)C1c1ccccc1. The van der Waals surface area contributed by atoms with Gasteiger partial charge in [0.2, 0.25) is 5.43 Å². The Balaban J connectivity index is 1.81. The molecule has 2 aromatic carbocycles. The Kier molecular flexibility index (Phi) is 3.92.